The number of ether oxygens (including phenoxy) is 5. The number of benzene rings is 2. The summed E-state index contributed by atoms with van der Waals surface area (Å²) in [6.45, 7) is 6.58. The first-order valence-corrected chi connectivity index (χ1v) is 13.2. The molecule has 1 amide bonds. The van der Waals surface area contributed by atoms with Gasteiger partial charge in [-0.15, -0.1) is 0 Å². The molecule has 1 heterocycles. The number of hydrogen-bond acceptors (Lipinski definition) is 9. The number of carbonyl (C=O) groups excluding carboxylic acids is 2. The van der Waals surface area contributed by atoms with E-state index in [9.17, 15) is 19.8 Å². The van der Waals surface area contributed by atoms with Crippen LogP contribution < -0.4 is 19.5 Å². The van der Waals surface area contributed by atoms with Gasteiger partial charge >= 0.3 is 0 Å². The van der Waals surface area contributed by atoms with E-state index in [0.29, 0.717) is 28.2 Å². The number of Topliss-reactive ketones (excluding diaryl/α,β-unsaturated/α-hetero) is 1. The summed E-state index contributed by atoms with van der Waals surface area (Å²) in [5.74, 6) is 0.451. The Morgan fingerprint density at radius 3 is 2.28 bits per heavy atom. The van der Waals surface area contributed by atoms with Crippen LogP contribution in [0, 0.1) is 10.5 Å². The van der Waals surface area contributed by atoms with Crippen LogP contribution in [-0.4, -0.2) is 73.4 Å². The molecule has 3 N–H and O–H groups in total. The van der Waals surface area contributed by atoms with Crippen molar-refractivity contribution in [3.63, 3.8) is 0 Å². The summed E-state index contributed by atoms with van der Waals surface area (Å²) in [5, 5.41) is 23.8. The Labute approximate surface area is 241 Å². The molecule has 1 fully saturated rings. The van der Waals surface area contributed by atoms with Crippen LogP contribution in [-0.2, 0) is 14.3 Å². The molecule has 4 unspecified atom stereocenters. The number of aliphatic hydroxyl groups excluding tert-OH is 2. The summed E-state index contributed by atoms with van der Waals surface area (Å²) in [6, 6.07) is 8.25. The van der Waals surface area contributed by atoms with Crippen molar-refractivity contribution in [3.8, 4) is 17.2 Å². The third-order valence-electron chi connectivity index (χ3n) is 6.50. The Hall–Kier alpha value is -2.71. The third-order valence-corrected chi connectivity index (χ3v) is 7.34. The average molecular weight is 655 g/mol. The van der Waals surface area contributed by atoms with E-state index >= 15 is 0 Å². The molecule has 2 aromatic carbocycles. The van der Waals surface area contributed by atoms with Crippen molar-refractivity contribution >= 4 is 40.4 Å². The van der Waals surface area contributed by atoms with Crippen molar-refractivity contribution in [2.45, 2.75) is 57.9 Å². The van der Waals surface area contributed by atoms with Crippen molar-refractivity contribution in [3.05, 3.63) is 56.3 Å². The second kappa shape index (κ2) is 12.6. The second-order valence-electron chi connectivity index (χ2n) is 9.57. The number of halogens is 1. The number of carbonyl (C=O) groups is 2. The molecule has 1 saturated heterocycles. The topological polar surface area (TPSA) is 133 Å². The minimum atomic E-state index is -1.38. The highest BCUT2D eigenvalue weighted by molar-refractivity contribution is 14.1. The van der Waals surface area contributed by atoms with Crippen LogP contribution in [0.5, 0.6) is 17.2 Å². The van der Waals surface area contributed by atoms with E-state index in [2.05, 4.69) is 27.9 Å². The van der Waals surface area contributed by atoms with Gasteiger partial charge < -0.3 is 39.2 Å². The maximum absolute atomic E-state index is 12.9. The van der Waals surface area contributed by atoms with Crippen molar-refractivity contribution in [2.24, 2.45) is 0 Å². The van der Waals surface area contributed by atoms with Gasteiger partial charge in [0.1, 0.15) is 24.1 Å². The highest BCUT2D eigenvalue weighted by Gasteiger charge is 2.50. The van der Waals surface area contributed by atoms with Crippen LogP contribution in [0.3, 0.4) is 0 Å². The number of ketones is 1. The summed E-state index contributed by atoms with van der Waals surface area (Å²) in [6.07, 6.45) is -3.03. The maximum atomic E-state index is 12.9. The molecule has 11 heteroatoms. The standard InChI is InChI=1S/C28H34INO9/c1-14-16(13-19(15(2)31)30-26(34)17-9-10-20(35-5)18(29)12-17)8-11-21(24(14)36-6)38-27-23(33)22(32)25(37-7)28(3,4)39-27/h8-13,22-23,25,27,32-33H,1-7H3,(H,30,34)/b19-13+. The van der Waals surface area contributed by atoms with E-state index in [1.54, 1.807) is 64.3 Å². The molecule has 0 aliphatic carbocycles. The lowest BCUT2D eigenvalue weighted by atomic mass is 9.89. The smallest absolute Gasteiger partial charge is 0.255 e. The Bertz CT molecular complexity index is 1260. The molecule has 1 aliphatic rings. The monoisotopic (exact) mass is 655 g/mol. The van der Waals surface area contributed by atoms with Crippen LogP contribution in [0.1, 0.15) is 42.3 Å². The average Bonchev–Trinajstić information content (AvgIpc) is 2.88. The fourth-order valence-corrected chi connectivity index (χ4v) is 5.13. The van der Waals surface area contributed by atoms with E-state index in [0.717, 1.165) is 3.57 Å². The Balaban J connectivity index is 1.89. The van der Waals surface area contributed by atoms with Gasteiger partial charge in [0.15, 0.2) is 17.3 Å². The zero-order valence-corrected chi connectivity index (χ0v) is 25.1. The molecule has 0 aromatic heterocycles. The minimum Gasteiger partial charge on any atom is -0.496 e. The zero-order valence-electron chi connectivity index (χ0n) is 22.9. The number of methoxy groups -OCH3 is 3. The summed E-state index contributed by atoms with van der Waals surface area (Å²) < 4.78 is 28.7. The number of allylic oxidation sites excluding steroid dienone is 1. The molecule has 39 heavy (non-hydrogen) atoms. The Morgan fingerprint density at radius 1 is 1.05 bits per heavy atom. The van der Waals surface area contributed by atoms with E-state index in [1.165, 1.54) is 21.1 Å². The second-order valence-corrected chi connectivity index (χ2v) is 10.7. The molecule has 3 rings (SSSR count). The van der Waals surface area contributed by atoms with Gasteiger partial charge in [0.05, 0.1) is 29.1 Å². The van der Waals surface area contributed by atoms with Crippen molar-refractivity contribution in [1.82, 2.24) is 5.32 Å². The van der Waals surface area contributed by atoms with Gasteiger partial charge in [-0.05, 0) is 79.3 Å². The zero-order chi connectivity index (χ0) is 29.1. The van der Waals surface area contributed by atoms with Crippen LogP contribution in [0.15, 0.2) is 36.0 Å². The van der Waals surface area contributed by atoms with Gasteiger partial charge in [0.25, 0.3) is 5.91 Å². The molecule has 0 saturated carbocycles. The van der Waals surface area contributed by atoms with Gasteiger partial charge in [0.2, 0.25) is 6.29 Å². The first-order chi connectivity index (χ1) is 18.3. The lowest BCUT2D eigenvalue weighted by Gasteiger charge is -2.46. The van der Waals surface area contributed by atoms with Crippen LogP contribution in [0.4, 0.5) is 0 Å². The van der Waals surface area contributed by atoms with Gasteiger partial charge in [-0.1, -0.05) is 6.07 Å². The quantitative estimate of drug-likeness (QED) is 0.275. The van der Waals surface area contributed by atoms with E-state index in [1.807, 2.05) is 0 Å². The number of hydrogen-bond donors (Lipinski definition) is 3. The fourth-order valence-electron chi connectivity index (χ4n) is 4.40. The SMILES string of the molecule is COc1ccc(C(=O)N/C(=C/c2ccc(OC3OC(C)(C)C(OC)C(O)C3O)c(OC)c2C)C(C)=O)cc1I. The number of aliphatic hydroxyl groups is 2. The fraction of sp³-hybridized carbons (Fsp3) is 0.429. The van der Waals surface area contributed by atoms with Crippen LogP contribution in [0.2, 0.25) is 0 Å². The van der Waals surface area contributed by atoms with E-state index in [4.69, 9.17) is 23.7 Å². The largest absolute Gasteiger partial charge is 0.496 e. The van der Waals surface area contributed by atoms with E-state index in [-0.39, 0.29) is 17.2 Å². The molecular weight excluding hydrogens is 621 g/mol. The van der Waals surface area contributed by atoms with Gasteiger partial charge in [-0.25, -0.2) is 0 Å². The molecular formula is C28H34INO9. The van der Waals surface area contributed by atoms with Gasteiger partial charge in [-0.3, -0.25) is 9.59 Å². The Morgan fingerprint density at radius 2 is 1.72 bits per heavy atom. The van der Waals surface area contributed by atoms with Crippen molar-refractivity contribution < 1.29 is 43.5 Å². The highest BCUT2D eigenvalue weighted by Crippen LogP contribution is 2.38. The lowest BCUT2D eigenvalue weighted by Crippen LogP contribution is -2.63. The summed E-state index contributed by atoms with van der Waals surface area (Å²) in [7, 11) is 4.44. The first-order valence-electron chi connectivity index (χ1n) is 12.1. The third kappa shape index (κ3) is 6.72. The highest BCUT2D eigenvalue weighted by atomic mass is 127. The molecule has 0 spiro atoms. The van der Waals surface area contributed by atoms with E-state index < -0.39 is 36.1 Å². The molecule has 10 nitrogen and oxygen atoms in total. The normalized spacial score (nSPS) is 22.7. The van der Waals surface area contributed by atoms with Crippen molar-refractivity contribution in [2.75, 3.05) is 21.3 Å². The summed E-state index contributed by atoms with van der Waals surface area (Å²) in [4.78, 5) is 25.3. The number of amides is 1. The Kier molecular flexibility index (Phi) is 9.99. The number of rotatable bonds is 9. The van der Waals surface area contributed by atoms with Crippen LogP contribution in [0.25, 0.3) is 6.08 Å². The predicted molar refractivity (Wildman–Crippen MR) is 152 cm³/mol. The van der Waals surface area contributed by atoms with Crippen molar-refractivity contribution in [1.29, 1.82) is 0 Å². The number of nitrogens with one attached hydrogen (secondary N) is 1. The maximum Gasteiger partial charge on any atom is 0.255 e. The molecule has 0 radical (unpaired) electrons. The molecule has 1 aliphatic heterocycles. The first kappa shape index (κ1) is 30.8. The lowest BCUT2D eigenvalue weighted by molar-refractivity contribution is -0.306. The van der Waals surface area contributed by atoms with Gasteiger partial charge in [-0.2, -0.15) is 0 Å². The molecule has 212 valence electrons. The van der Waals surface area contributed by atoms with Crippen LogP contribution >= 0.6 is 22.6 Å². The summed E-state index contributed by atoms with van der Waals surface area (Å²) >= 11 is 2.07. The minimum absolute atomic E-state index is 0.0890. The molecule has 0 bridgehead atoms. The molecule has 4 atom stereocenters. The molecule has 2 aromatic rings. The predicted octanol–water partition coefficient (Wildman–Crippen LogP) is 3.23. The van der Waals surface area contributed by atoms with Gasteiger partial charge in [0, 0.05) is 25.2 Å². The summed E-state index contributed by atoms with van der Waals surface area (Å²) in [5.41, 5.74) is 0.726.